The molecule has 2 aromatic rings. The van der Waals surface area contributed by atoms with E-state index < -0.39 is 0 Å². The average Bonchev–Trinajstić information content (AvgIpc) is 2.64. The summed E-state index contributed by atoms with van der Waals surface area (Å²) in [5.74, 6) is 2.65. The van der Waals surface area contributed by atoms with Gasteiger partial charge in [-0.25, -0.2) is 9.97 Å². The smallest absolute Gasteiger partial charge is 0.128 e. The first kappa shape index (κ1) is 18.6. The molecule has 1 heterocycles. The Morgan fingerprint density at radius 2 is 1.46 bits per heavy atom. The molecule has 0 atom stereocenters. The first-order valence-corrected chi connectivity index (χ1v) is 9.57. The fourth-order valence-electron chi connectivity index (χ4n) is 3.35. The van der Waals surface area contributed by atoms with E-state index in [1.807, 2.05) is 33.2 Å². The zero-order valence-corrected chi connectivity index (χ0v) is 15.8. The van der Waals surface area contributed by atoms with Crippen LogP contribution in [0.5, 0.6) is 0 Å². The van der Waals surface area contributed by atoms with Crippen LogP contribution < -0.4 is 0 Å². The van der Waals surface area contributed by atoms with Crippen LogP contribution in [0, 0.1) is 12.8 Å². The van der Waals surface area contributed by atoms with Crippen molar-refractivity contribution in [3.05, 3.63) is 59.2 Å². The second-order valence-electron chi connectivity index (χ2n) is 6.88. The fraction of sp³-hybridized carbons (Fsp3) is 0.545. The number of benzene rings is 1. The molecule has 1 aliphatic rings. The highest BCUT2D eigenvalue weighted by atomic mass is 14.9. The van der Waals surface area contributed by atoms with Crippen LogP contribution in [0.15, 0.2) is 36.7 Å². The molecule has 0 spiro atoms. The normalized spacial score (nSPS) is 20.2. The minimum atomic E-state index is 0.783. The summed E-state index contributed by atoms with van der Waals surface area (Å²) in [7, 11) is 0. The Hall–Kier alpha value is -1.70. The molecular formula is C22H32N2. The van der Waals surface area contributed by atoms with Gasteiger partial charge in [0.25, 0.3) is 0 Å². The van der Waals surface area contributed by atoms with Crippen molar-refractivity contribution >= 4 is 0 Å². The van der Waals surface area contributed by atoms with Gasteiger partial charge < -0.3 is 0 Å². The van der Waals surface area contributed by atoms with Crippen molar-refractivity contribution in [2.45, 2.75) is 72.1 Å². The van der Waals surface area contributed by atoms with Gasteiger partial charge in [0, 0.05) is 18.8 Å². The highest BCUT2D eigenvalue weighted by Gasteiger charge is 2.19. The lowest BCUT2D eigenvalue weighted by Crippen LogP contribution is -2.10. The number of aryl methyl sites for hydroxylation is 3. The first-order valence-electron chi connectivity index (χ1n) is 9.57. The molecule has 24 heavy (non-hydrogen) atoms. The maximum atomic E-state index is 4.38. The predicted octanol–water partition coefficient (Wildman–Crippen LogP) is 5.89. The predicted molar refractivity (Wildman–Crippen MR) is 102 cm³/mol. The van der Waals surface area contributed by atoms with Crippen LogP contribution >= 0.6 is 0 Å². The molecule has 0 amide bonds. The average molecular weight is 325 g/mol. The summed E-state index contributed by atoms with van der Waals surface area (Å²) in [6.07, 6.45) is 11.2. The van der Waals surface area contributed by atoms with Crippen molar-refractivity contribution < 1.29 is 0 Å². The third kappa shape index (κ3) is 5.43. The maximum absolute atomic E-state index is 4.38. The molecule has 1 aliphatic carbocycles. The molecule has 130 valence electrons. The molecule has 3 rings (SSSR count). The molecular weight excluding hydrogens is 292 g/mol. The molecule has 1 fully saturated rings. The molecule has 0 aliphatic heterocycles. The molecule has 0 N–H and O–H groups in total. The number of hydrogen-bond donors (Lipinski definition) is 0. The Labute approximate surface area is 147 Å². The van der Waals surface area contributed by atoms with Crippen LogP contribution in [0.4, 0.5) is 0 Å². The Morgan fingerprint density at radius 3 is 2.04 bits per heavy atom. The third-order valence-electron chi connectivity index (χ3n) is 4.94. The monoisotopic (exact) mass is 324 g/mol. The van der Waals surface area contributed by atoms with E-state index in [0.717, 1.165) is 36.1 Å². The second kappa shape index (κ2) is 9.56. The molecule has 1 aromatic carbocycles. The van der Waals surface area contributed by atoms with E-state index in [1.54, 1.807) is 0 Å². The van der Waals surface area contributed by atoms with Gasteiger partial charge >= 0.3 is 0 Å². The number of nitrogens with zero attached hydrogens (tertiary/aromatic N) is 2. The highest BCUT2D eigenvalue weighted by Crippen LogP contribution is 2.35. The molecule has 0 saturated heterocycles. The van der Waals surface area contributed by atoms with Gasteiger partial charge in [0.15, 0.2) is 0 Å². The van der Waals surface area contributed by atoms with Crippen LogP contribution in [0.25, 0.3) is 0 Å². The van der Waals surface area contributed by atoms with Crippen LogP contribution in [-0.4, -0.2) is 9.97 Å². The van der Waals surface area contributed by atoms with E-state index >= 15 is 0 Å². The molecule has 1 aromatic heterocycles. The van der Waals surface area contributed by atoms with Crippen LogP contribution in [0.2, 0.25) is 0 Å². The zero-order chi connectivity index (χ0) is 17.4. The lowest BCUT2D eigenvalue weighted by atomic mass is 9.79. The largest absolute Gasteiger partial charge is 0.241 e. The molecule has 0 unspecified atom stereocenters. The number of aromatic nitrogens is 2. The lowest BCUT2D eigenvalue weighted by Gasteiger charge is -2.26. The van der Waals surface area contributed by atoms with Crippen LogP contribution in [-0.2, 0) is 12.8 Å². The fourth-order valence-corrected chi connectivity index (χ4v) is 3.35. The van der Waals surface area contributed by atoms with Crippen molar-refractivity contribution in [1.29, 1.82) is 0 Å². The van der Waals surface area contributed by atoms with Crippen molar-refractivity contribution in [1.82, 2.24) is 9.97 Å². The molecule has 2 nitrogen and oxygen atoms in total. The summed E-state index contributed by atoms with van der Waals surface area (Å²) in [6.45, 7) is 8.40. The SMILES string of the molecule is CC.Cc1cnc(CCc2ccc(C3CCC(C)CC3)cc2)nc1. The summed E-state index contributed by atoms with van der Waals surface area (Å²) in [5, 5.41) is 0. The van der Waals surface area contributed by atoms with E-state index in [9.17, 15) is 0 Å². The van der Waals surface area contributed by atoms with Crippen LogP contribution in [0.1, 0.15) is 74.9 Å². The third-order valence-corrected chi connectivity index (χ3v) is 4.94. The van der Waals surface area contributed by atoms with Crippen molar-refractivity contribution in [3.8, 4) is 0 Å². The highest BCUT2D eigenvalue weighted by molar-refractivity contribution is 5.26. The molecule has 0 bridgehead atoms. The Balaban J connectivity index is 0.00000100. The zero-order valence-electron chi connectivity index (χ0n) is 15.8. The van der Waals surface area contributed by atoms with Gasteiger partial charge in [-0.15, -0.1) is 0 Å². The van der Waals surface area contributed by atoms with Gasteiger partial charge in [-0.05, 0) is 54.7 Å². The second-order valence-corrected chi connectivity index (χ2v) is 6.88. The summed E-state index contributed by atoms with van der Waals surface area (Å²) in [4.78, 5) is 8.76. The van der Waals surface area contributed by atoms with E-state index in [4.69, 9.17) is 0 Å². The summed E-state index contributed by atoms with van der Waals surface area (Å²) in [6, 6.07) is 9.26. The summed E-state index contributed by atoms with van der Waals surface area (Å²) < 4.78 is 0. The topological polar surface area (TPSA) is 25.8 Å². The van der Waals surface area contributed by atoms with E-state index in [-0.39, 0.29) is 0 Å². The Bertz CT molecular complexity index is 578. The standard InChI is InChI=1S/C20H26N2.C2H6/c1-15-3-8-18(9-4-15)19-10-5-17(6-11-19)7-12-20-21-13-16(2)14-22-20;1-2/h5-6,10-11,13-15,18H,3-4,7-9,12H2,1-2H3;1-2H3. The Kier molecular flexibility index (Phi) is 7.42. The molecule has 2 heteroatoms. The quantitative estimate of drug-likeness (QED) is 0.700. The van der Waals surface area contributed by atoms with Crippen molar-refractivity contribution in [2.75, 3.05) is 0 Å². The number of hydrogen-bond acceptors (Lipinski definition) is 2. The molecule has 0 radical (unpaired) electrons. The van der Waals surface area contributed by atoms with Gasteiger partial charge in [0.2, 0.25) is 0 Å². The number of rotatable bonds is 4. The van der Waals surface area contributed by atoms with Gasteiger partial charge in [-0.2, -0.15) is 0 Å². The minimum Gasteiger partial charge on any atom is -0.241 e. The Morgan fingerprint density at radius 1 is 0.875 bits per heavy atom. The first-order chi connectivity index (χ1) is 11.7. The van der Waals surface area contributed by atoms with E-state index in [2.05, 4.69) is 41.2 Å². The van der Waals surface area contributed by atoms with E-state index in [0.29, 0.717) is 0 Å². The van der Waals surface area contributed by atoms with Gasteiger partial charge in [-0.3, -0.25) is 0 Å². The van der Waals surface area contributed by atoms with E-state index in [1.165, 1.54) is 36.8 Å². The lowest BCUT2D eigenvalue weighted by molar-refractivity contribution is 0.348. The van der Waals surface area contributed by atoms with Crippen molar-refractivity contribution in [2.24, 2.45) is 5.92 Å². The minimum absolute atomic E-state index is 0.783. The van der Waals surface area contributed by atoms with Crippen molar-refractivity contribution in [3.63, 3.8) is 0 Å². The van der Waals surface area contributed by atoms with Gasteiger partial charge in [0.1, 0.15) is 5.82 Å². The van der Waals surface area contributed by atoms with Crippen LogP contribution in [0.3, 0.4) is 0 Å². The summed E-state index contributed by atoms with van der Waals surface area (Å²) >= 11 is 0. The summed E-state index contributed by atoms with van der Waals surface area (Å²) in [5.41, 5.74) is 4.04. The molecule has 1 saturated carbocycles. The van der Waals surface area contributed by atoms with Gasteiger partial charge in [-0.1, -0.05) is 57.9 Å². The van der Waals surface area contributed by atoms with Gasteiger partial charge in [0.05, 0.1) is 0 Å². The maximum Gasteiger partial charge on any atom is 0.128 e.